The van der Waals surface area contributed by atoms with Crippen LogP contribution in [-0.2, 0) is 41.6 Å². The summed E-state index contributed by atoms with van der Waals surface area (Å²) in [6.45, 7) is 0. The number of nitrogens with one attached hydrogen (secondary N) is 4. The van der Waals surface area contributed by atoms with Crippen molar-refractivity contribution in [2.24, 2.45) is 11.5 Å². The molecule has 15 heteroatoms. The molecule has 0 aliphatic rings. The zero-order valence-electron chi connectivity index (χ0n) is 20.8. The number of carbonyl (C=O) groups is 6. The summed E-state index contributed by atoms with van der Waals surface area (Å²) >= 11 is 0. The molecule has 0 saturated heterocycles. The van der Waals surface area contributed by atoms with E-state index in [1.165, 1.54) is 12.5 Å². The molecule has 0 saturated carbocycles. The van der Waals surface area contributed by atoms with Crippen LogP contribution < -0.4 is 27.4 Å². The van der Waals surface area contributed by atoms with E-state index in [-0.39, 0.29) is 12.8 Å². The standard InChI is InChI=1S/C24H31N7O8/c25-15(9-14-11-27-12-28-14)21(35)30-18(10-19(26)32)23(37)31-17(8-13-4-2-1-3-5-13)22(36)29-16(24(38)39)6-7-20(33)34/h1-5,11-12,15-18H,6-10,25H2,(H2,26,32)(H,27,28)(H,29,36)(H,30,35)(H,31,37)(H,33,34)(H,38,39). The van der Waals surface area contributed by atoms with Crippen molar-refractivity contribution >= 4 is 35.6 Å². The third kappa shape index (κ3) is 10.6. The van der Waals surface area contributed by atoms with E-state index in [4.69, 9.17) is 16.6 Å². The molecule has 0 aliphatic carbocycles. The average Bonchev–Trinajstić information content (AvgIpc) is 3.38. The molecule has 39 heavy (non-hydrogen) atoms. The van der Waals surface area contributed by atoms with Crippen LogP contribution in [0.25, 0.3) is 0 Å². The lowest BCUT2D eigenvalue weighted by molar-refractivity contribution is -0.143. The minimum Gasteiger partial charge on any atom is -0.481 e. The molecular weight excluding hydrogens is 514 g/mol. The third-order valence-electron chi connectivity index (χ3n) is 5.55. The number of benzene rings is 1. The van der Waals surface area contributed by atoms with Gasteiger partial charge in [0.05, 0.1) is 18.8 Å². The number of carboxylic acids is 2. The molecule has 10 N–H and O–H groups in total. The highest BCUT2D eigenvalue weighted by atomic mass is 16.4. The van der Waals surface area contributed by atoms with Crippen molar-refractivity contribution in [1.29, 1.82) is 0 Å². The van der Waals surface area contributed by atoms with Gasteiger partial charge in [-0.05, 0) is 12.0 Å². The van der Waals surface area contributed by atoms with E-state index in [2.05, 4.69) is 25.9 Å². The third-order valence-corrected chi connectivity index (χ3v) is 5.55. The van der Waals surface area contributed by atoms with Crippen molar-refractivity contribution in [1.82, 2.24) is 25.9 Å². The molecule has 4 amide bonds. The fourth-order valence-corrected chi connectivity index (χ4v) is 3.54. The van der Waals surface area contributed by atoms with Crippen molar-refractivity contribution in [2.45, 2.75) is 56.3 Å². The Morgan fingerprint density at radius 3 is 2.05 bits per heavy atom. The Hall–Kier alpha value is -4.79. The van der Waals surface area contributed by atoms with Gasteiger partial charge in [0.2, 0.25) is 23.6 Å². The van der Waals surface area contributed by atoms with Gasteiger partial charge in [-0.2, -0.15) is 0 Å². The smallest absolute Gasteiger partial charge is 0.326 e. The minimum absolute atomic E-state index is 0.0582. The fourth-order valence-electron chi connectivity index (χ4n) is 3.54. The molecule has 1 aromatic heterocycles. The summed E-state index contributed by atoms with van der Waals surface area (Å²) in [5.41, 5.74) is 12.3. The zero-order chi connectivity index (χ0) is 28.9. The van der Waals surface area contributed by atoms with Crippen LogP contribution in [0.2, 0.25) is 0 Å². The molecule has 1 aromatic carbocycles. The number of nitrogens with zero attached hydrogens (tertiary/aromatic N) is 1. The Kier molecular flexibility index (Phi) is 11.6. The number of amides is 4. The number of H-pyrrole nitrogens is 1. The largest absolute Gasteiger partial charge is 0.481 e. The van der Waals surface area contributed by atoms with Gasteiger partial charge >= 0.3 is 11.9 Å². The first-order chi connectivity index (χ1) is 18.5. The molecule has 2 aromatic rings. The van der Waals surface area contributed by atoms with E-state index in [0.717, 1.165) is 0 Å². The van der Waals surface area contributed by atoms with Crippen LogP contribution >= 0.6 is 0 Å². The number of hydrogen-bond donors (Lipinski definition) is 8. The molecule has 0 bridgehead atoms. The second kappa shape index (κ2) is 14.8. The van der Waals surface area contributed by atoms with Crippen molar-refractivity contribution < 1.29 is 39.0 Å². The topological polar surface area (TPSA) is 260 Å². The number of carbonyl (C=O) groups excluding carboxylic acids is 4. The second-order valence-electron chi connectivity index (χ2n) is 8.70. The predicted octanol–water partition coefficient (Wildman–Crippen LogP) is -2.20. The lowest BCUT2D eigenvalue weighted by Crippen LogP contribution is -2.58. The van der Waals surface area contributed by atoms with Gasteiger partial charge in [-0.15, -0.1) is 0 Å². The molecule has 0 spiro atoms. The maximum Gasteiger partial charge on any atom is 0.326 e. The summed E-state index contributed by atoms with van der Waals surface area (Å²) in [5.74, 6) is -6.25. The summed E-state index contributed by atoms with van der Waals surface area (Å²) in [6, 6.07) is 2.97. The second-order valence-corrected chi connectivity index (χ2v) is 8.70. The van der Waals surface area contributed by atoms with Gasteiger partial charge in [0.1, 0.15) is 18.1 Å². The number of aromatic amines is 1. The Labute approximate surface area is 222 Å². The van der Waals surface area contributed by atoms with Gasteiger partial charge in [0, 0.05) is 31.2 Å². The maximum absolute atomic E-state index is 13.1. The van der Waals surface area contributed by atoms with E-state index in [0.29, 0.717) is 11.3 Å². The normalized spacial score (nSPS) is 13.8. The molecule has 0 radical (unpaired) electrons. The number of rotatable bonds is 16. The minimum atomic E-state index is -1.54. The highest BCUT2D eigenvalue weighted by Gasteiger charge is 2.31. The maximum atomic E-state index is 13.1. The molecule has 4 unspecified atom stereocenters. The number of primary amides is 1. The van der Waals surface area contributed by atoms with Gasteiger partial charge in [0.15, 0.2) is 0 Å². The highest BCUT2D eigenvalue weighted by Crippen LogP contribution is 2.07. The molecular formula is C24H31N7O8. The molecule has 4 atom stereocenters. The fraction of sp³-hybridized carbons (Fsp3) is 0.375. The van der Waals surface area contributed by atoms with Gasteiger partial charge < -0.3 is 42.6 Å². The number of carboxylic acid groups (broad SMARTS) is 2. The van der Waals surface area contributed by atoms with E-state index >= 15 is 0 Å². The summed E-state index contributed by atoms with van der Waals surface area (Å²) < 4.78 is 0. The van der Waals surface area contributed by atoms with Crippen molar-refractivity contribution in [3.05, 3.63) is 54.1 Å². The monoisotopic (exact) mass is 545 g/mol. The van der Waals surface area contributed by atoms with Crippen LogP contribution in [0.4, 0.5) is 0 Å². The number of imidazole rings is 1. The first kappa shape index (κ1) is 30.4. The molecule has 2 rings (SSSR count). The van der Waals surface area contributed by atoms with Gasteiger partial charge in [-0.1, -0.05) is 30.3 Å². The van der Waals surface area contributed by atoms with Crippen LogP contribution in [0.15, 0.2) is 42.9 Å². The number of nitrogens with two attached hydrogens (primary N) is 2. The van der Waals surface area contributed by atoms with Gasteiger partial charge in [-0.25, -0.2) is 9.78 Å². The van der Waals surface area contributed by atoms with E-state index in [9.17, 15) is 33.9 Å². The van der Waals surface area contributed by atoms with E-state index in [1.54, 1.807) is 30.3 Å². The van der Waals surface area contributed by atoms with Crippen LogP contribution in [0.5, 0.6) is 0 Å². The van der Waals surface area contributed by atoms with Crippen LogP contribution in [0.3, 0.4) is 0 Å². The lowest BCUT2D eigenvalue weighted by Gasteiger charge is -2.25. The van der Waals surface area contributed by atoms with E-state index < -0.39 is 79.0 Å². The molecule has 210 valence electrons. The first-order valence-corrected chi connectivity index (χ1v) is 11.9. The van der Waals surface area contributed by atoms with Crippen molar-refractivity contribution in [3.8, 4) is 0 Å². The zero-order valence-corrected chi connectivity index (χ0v) is 20.8. The quantitative estimate of drug-likeness (QED) is 0.113. The number of aromatic nitrogens is 2. The summed E-state index contributed by atoms with van der Waals surface area (Å²) in [7, 11) is 0. The Morgan fingerprint density at radius 1 is 0.872 bits per heavy atom. The van der Waals surface area contributed by atoms with Crippen molar-refractivity contribution in [3.63, 3.8) is 0 Å². The molecule has 0 aliphatic heterocycles. The average molecular weight is 546 g/mol. The highest BCUT2D eigenvalue weighted by molar-refractivity contribution is 5.96. The molecule has 15 nitrogen and oxygen atoms in total. The van der Waals surface area contributed by atoms with Crippen LogP contribution in [0, 0.1) is 0 Å². The van der Waals surface area contributed by atoms with Gasteiger partial charge in [0.25, 0.3) is 0 Å². The number of aliphatic carboxylic acids is 2. The Bertz CT molecular complexity index is 1160. The van der Waals surface area contributed by atoms with E-state index in [1.807, 2.05) is 0 Å². The summed E-state index contributed by atoms with van der Waals surface area (Å²) in [6.07, 6.45) is 1.33. The Morgan fingerprint density at radius 2 is 1.49 bits per heavy atom. The summed E-state index contributed by atoms with van der Waals surface area (Å²) in [4.78, 5) is 79.5. The van der Waals surface area contributed by atoms with Crippen LogP contribution in [-0.4, -0.2) is 79.9 Å². The SMILES string of the molecule is NC(=O)CC(NC(=O)C(N)Cc1cnc[nH]1)C(=O)NC(Cc1ccccc1)C(=O)NC(CCC(=O)O)C(=O)O. The van der Waals surface area contributed by atoms with Crippen LogP contribution in [0.1, 0.15) is 30.5 Å². The number of hydrogen-bond acceptors (Lipinski definition) is 8. The first-order valence-electron chi connectivity index (χ1n) is 11.9. The predicted molar refractivity (Wildman–Crippen MR) is 135 cm³/mol. The van der Waals surface area contributed by atoms with Gasteiger partial charge in [-0.3, -0.25) is 24.0 Å². The van der Waals surface area contributed by atoms with Crippen molar-refractivity contribution in [2.75, 3.05) is 0 Å². The Balaban J connectivity index is 2.20. The molecule has 1 heterocycles. The summed E-state index contributed by atoms with van der Waals surface area (Å²) in [5, 5.41) is 25.3. The lowest BCUT2D eigenvalue weighted by atomic mass is 10.0. The molecule has 0 fully saturated rings.